The van der Waals surface area contributed by atoms with Crippen molar-refractivity contribution in [2.45, 2.75) is 69.9 Å². The lowest BCUT2D eigenvalue weighted by Gasteiger charge is -2.44. The van der Waals surface area contributed by atoms with Crippen molar-refractivity contribution in [2.75, 3.05) is 13.1 Å². The summed E-state index contributed by atoms with van der Waals surface area (Å²) in [6, 6.07) is 2.28. The van der Waals surface area contributed by atoms with E-state index in [4.69, 9.17) is 0 Å². The molecule has 1 aromatic heterocycles. The highest BCUT2D eigenvalue weighted by Gasteiger charge is 2.55. The third-order valence-electron chi connectivity index (χ3n) is 5.74. The van der Waals surface area contributed by atoms with Crippen molar-refractivity contribution in [3.63, 3.8) is 0 Å². The number of H-pyrrole nitrogens is 1. The topological polar surface area (TPSA) is 69.3 Å². The van der Waals surface area contributed by atoms with Gasteiger partial charge >= 0.3 is 0 Å². The molecule has 1 aromatic rings. The van der Waals surface area contributed by atoms with Gasteiger partial charge in [0, 0.05) is 24.8 Å². The lowest BCUT2D eigenvalue weighted by atomic mass is 9.85. The number of likely N-dealkylation sites (tertiary alicyclic amines) is 2. The number of hydrogen-bond acceptors (Lipinski definition) is 3. The van der Waals surface area contributed by atoms with Crippen molar-refractivity contribution in [1.82, 2.24) is 20.0 Å². The number of piperidine rings is 1. The number of rotatable bonds is 4. The zero-order valence-electron chi connectivity index (χ0n) is 14.4. The van der Waals surface area contributed by atoms with E-state index in [1.165, 1.54) is 0 Å². The van der Waals surface area contributed by atoms with Crippen LogP contribution in [0.3, 0.4) is 0 Å². The molecule has 1 saturated carbocycles. The van der Waals surface area contributed by atoms with Gasteiger partial charge in [0.05, 0.1) is 0 Å². The number of aromatic nitrogens is 2. The van der Waals surface area contributed by atoms with Crippen LogP contribution in [0.4, 0.5) is 0 Å². The lowest BCUT2D eigenvalue weighted by molar-refractivity contribution is -0.146. The van der Waals surface area contributed by atoms with Crippen LogP contribution in [0.5, 0.6) is 0 Å². The minimum Gasteiger partial charge on any atom is -0.338 e. The maximum absolute atomic E-state index is 13.2. The molecule has 4 rings (SSSR count). The fourth-order valence-electron chi connectivity index (χ4n) is 4.42. The van der Waals surface area contributed by atoms with Crippen LogP contribution in [-0.4, -0.2) is 56.5 Å². The molecule has 130 valence electrons. The van der Waals surface area contributed by atoms with Gasteiger partial charge in [-0.1, -0.05) is 13.3 Å². The number of aryl methyl sites for hydroxylation is 1. The molecule has 0 aromatic carbocycles. The predicted molar refractivity (Wildman–Crippen MR) is 89.6 cm³/mol. The van der Waals surface area contributed by atoms with Gasteiger partial charge < -0.3 is 9.80 Å². The number of nitrogens with zero attached hydrogens (tertiary/aromatic N) is 3. The highest BCUT2D eigenvalue weighted by Crippen LogP contribution is 2.42. The second-order valence-corrected chi connectivity index (χ2v) is 7.45. The molecular formula is C18H26N4O2. The number of aromatic amines is 1. The second kappa shape index (κ2) is 5.90. The smallest absolute Gasteiger partial charge is 0.275 e. The molecule has 3 fully saturated rings. The first-order chi connectivity index (χ1) is 11.7. The SMILES string of the molecule is CCCc1cc(C(=O)N2CCCC23CCCN(C2CC2)C3=O)n[nH]1. The Hall–Kier alpha value is -1.85. The molecule has 3 aliphatic rings. The molecule has 6 heteroatoms. The van der Waals surface area contributed by atoms with Crippen molar-refractivity contribution < 1.29 is 9.59 Å². The highest BCUT2D eigenvalue weighted by atomic mass is 16.2. The molecule has 6 nitrogen and oxygen atoms in total. The summed E-state index contributed by atoms with van der Waals surface area (Å²) in [5.41, 5.74) is 0.835. The summed E-state index contributed by atoms with van der Waals surface area (Å²) in [7, 11) is 0. The first-order valence-electron chi connectivity index (χ1n) is 9.33. The van der Waals surface area contributed by atoms with E-state index in [9.17, 15) is 9.59 Å². The van der Waals surface area contributed by atoms with E-state index in [-0.39, 0.29) is 11.8 Å². The molecule has 0 bridgehead atoms. The van der Waals surface area contributed by atoms with Crippen molar-refractivity contribution in [3.05, 3.63) is 17.5 Å². The van der Waals surface area contributed by atoms with Gasteiger partial charge in [0.1, 0.15) is 11.2 Å². The molecule has 1 unspecified atom stereocenters. The van der Waals surface area contributed by atoms with Crippen LogP contribution in [0.1, 0.15) is 68.1 Å². The van der Waals surface area contributed by atoms with Gasteiger partial charge in [-0.05, 0) is 51.0 Å². The first kappa shape index (κ1) is 15.7. The van der Waals surface area contributed by atoms with E-state index in [0.29, 0.717) is 18.3 Å². The Kier molecular flexibility index (Phi) is 3.85. The van der Waals surface area contributed by atoms with Gasteiger partial charge in [0.15, 0.2) is 0 Å². The van der Waals surface area contributed by atoms with Gasteiger partial charge in [-0.15, -0.1) is 0 Å². The Balaban J connectivity index is 1.59. The third-order valence-corrected chi connectivity index (χ3v) is 5.74. The molecule has 0 radical (unpaired) electrons. The fourth-order valence-corrected chi connectivity index (χ4v) is 4.42. The summed E-state index contributed by atoms with van der Waals surface area (Å²) in [4.78, 5) is 30.1. The quantitative estimate of drug-likeness (QED) is 0.919. The zero-order valence-corrected chi connectivity index (χ0v) is 14.4. The van der Waals surface area contributed by atoms with Crippen molar-refractivity contribution in [2.24, 2.45) is 0 Å². The summed E-state index contributed by atoms with van der Waals surface area (Å²) in [6.45, 7) is 3.63. The summed E-state index contributed by atoms with van der Waals surface area (Å²) >= 11 is 0. The van der Waals surface area contributed by atoms with Crippen LogP contribution in [-0.2, 0) is 11.2 Å². The minimum absolute atomic E-state index is 0.0860. The van der Waals surface area contributed by atoms with Crippen molar-refractivity contribution >= 4 is 11.8 Å². The first-order valence-corrected chi connectivity index (χ1v) is 9.33. The number of carbonyl (C=O) groups is 2. The second-order valence-electron chi connectivity index (χ2n) is 7.45. The van der Waals surface area contributed by atoms with E-state index in [0.717, 1.165) is 63.6 Å². The molecule has 1 spiro atoms. The van der Waals surface area contributed by atoms with Crippen LogP contribution in [0, 0.1) is 0 Å². The zero-order chi connectivity index (χ0) is 16.7. The van der Waals surface area contributed by atoms with Crippen LogP contribution >= 0.6 is 0 Å². The molecule has 2 saturated heterocycles. The lowest BCUT2D eigenvalue weighted by Crippen LogP contribution is -2.61. The van der Waals surface area contributed by atoms with Gasteiger partial charge in [-0.3, -0.25) is 14.7 Å². The monoisotopic (exact) mass is 330 g/mol. The predicted octanol–water partition coefficient (Wildman–Crippen LogP) is 2.12. The molecule has 1 aliphatic carbocycles. The van der Waals surface area contributed by atoms with E-state index in [1.807, 2.05) is 15.9 Å². The highest BCUT2D eigenvalue weighted by molar-refractivity contribution is 5.99. The Labute approximate surface area is 142 Å². The number of carbonyl (C=O) groups excluding carboxylic acids is 2. The Bertz CT molecular complexity index is 651. The maximum Gasteiger partial charge on any atom is 0.275 e. The van der Waals surface area contributed by atoms with Gasteiger partial charge in [0.25, 0.3) is 5.91 Å². The van der Waals surface area contributed by atoms with Gasteiger partial charge in [-0.25, -0.2) is 0 Å². The van der Waals surface area contributed by atoms with E-state index < -0.39 is 5.54 Å². The molecule has 1 atom stereocenters. The fraction of sp³-hybridized carbons (Fsp3) is 0.722. The number of hydrogen-bond donors (Lipinski definition) is 1. The van der Waals surface area contributed by atoms with Crippen LogP contribution in [0.2, 0.25) is 0 Å². The van der Waals surface area contributed by atoms with E-state index in [1.54, 1.807) is 0 Å². The standard InChI is InChI=1S/C18H26N4O2/c1-2-5-13-12-15(20-19-13)16(23)22-11-4-9-18(22)8-3-10-21(17(18)24)14-6-7-14/h12,14H,2-11H2,1H3,(H,19,20). The Morgan fingerprint density at radius 3 is 2.79 bits per heavy atom. The Morgan fingerprint density at radius 1 is 1.33 bits per heavy atom. The van der Waals surface area contributed by atoms with Crippen LogP contribution < -0.4 is 0 Å². The van der Waals surface area contributed by atoms with Crippen LogP contribution in [0.25, 0.3) is 0 Å². The normalized spacial score (nSPS) is 27.3. The molecule has 2 aliphatic heterocycles. The van der Waals surface area contributed by atoms with Crippen molar-refractivity contribution in [3.8, 4) is 0 Å². The third kappa shape index (κ3) is 2.43. The minimum atomic E-state index is -0.609. The largest absolute Gasteiger partial charge is 0.338 e. The van der Waals surface area contributed by atoms with Crippen molar-refractivity contribution in [1.29, 1.82) is 0 Å². The average molecular weight is 330 g/mol. The molecular weight excluding hydrogens is 304 g/mol. The van der Waals surface area contributed by atoms with E-state index in [2.05, 4.69) is 17.1 Å². The van der Waals surface area contributed by atoms with Crippen LogP contribution in [0.15, 0.2) is 6.07 Å². The maximum atomic E-state index is 13.2. The molecule has 3 heterocycles. The summed E-state index contributed by atoms with van der Waals surface area (Å²) in [5, 5.41) is 7.17. The Morgan fingerprint density at radius 2 is 2.08 bits per heavy atom. The molecule has 1 N–H and O–H groups in total. The number of amides is 2. The number of nitrogens with one attached hydrogen (secondary N) is 1. The average Bonchev–Trinajstić information content (AvgIpc) is 3.16. The van der Waals surface area contributed by atoms with Gasteiger partial charge in [-0.2, -0.15) is 5.10 Å². The molecule has 24 heavy (non-hydrogen) atoms. The summed E-state index contributed by atoms with van der Waals surface area (Å²) in [6.07, 6.45) is 7.64. The molecule has 2 amide bonds. The summed E-state index contributed by atoms with van der Waals surface area (Å²) in [5.74, 6) is 0.100. The van der Waals surface area contributed by atoms with Gasteiger partial charge in [0.2, 0.25) is 5.91 Å². The summed E-state index contributed by atoms with van der Waals surface area (Å²) < 4.78 is 0. The van der Waals surface area contributed by atoms with E-state index >= 15 is 0 Å².